The second-order valence-electron chi connectivity index (χ2n) is 6.16. The Balaban J connectivity index is 2.21. The predicted octanol–water partition coefficient (Wildman–Crippen LogP) is 2.33. The molecule has 4 atom stereocenters. The molecule has 0 bridgehead atoms. The summed E-state index contributed by atoms with van der Waals surface area (Å²) >= 11 is 0. The molecule has 2 fully saturated rings. The Morgan fingerprint density at radius 3 is 2.74 bits per heavy atom. The number of ether oxygens (including phenoxy) is 2. The largest absolute Gasteiger partial charge is 0.469 e. The Labute approximate surface area is 116 Å². The van der Waals surface area contributed by atoms with E-state index in [2.05, 4.69) is 26.1 Å². The molecule has 110 valence electrons. The van der Waals surface area contributed by atoms with Crippen LogP contribution in [0.1, 0.15) is 46.5 Å². The fourth-order valence-corrected chi connectivity index (χ4v) is 4.18. The normalized spacial score (nSPS) is 38.3. The number of nitrogens with one attached hydrogen (secondary N) is 1. The summed E-state index contributed by atoms with van der Waals surface area (Å²) in [5, 5.41) is 3.54. The second kappa shape index (κ2) is 5.80. The van der Waals surface area contributed by atoms with Crippen molar-refractivity contribution in [1.82, 2.24) is 5.32 Å². The summed E-state index contributed by atoms with van der Waals surface area (Å²) in [6.07, 6.45) is 4.25. The number of fused-ring (bicyclic) bond motifs is 1. The van der Waals surface area contributed by atoms with Gasteiger partial charge in [-0.15, -0.1) is 0 Å². The summed E-state index contributed by atoms with van der Waals surface area (Å²) in [6, 6.07) is 0.441. The van der Waals surface area contributed by atoms with Crippen molar-refractivity contribution in [3.05, 3.63) is 0 Å². The standard InChI is InChI=1S/C15H27NO3/c1-5-10(6-2)12-15(3)8-7-11(14(17)18-4)13(15)19-9-16-12/h10-13,16H,5-9H2,1-4H3/t11-,12?,13+,15+/m0/s1. The van der Waals surface area contributed by atoms with Crippen LogP contribution in [-0.4, -0.2) is 32.0 Å². The van der Waals surface area contributed by atoms with Crippen LogP contribution in [0.25, 0.3) is 0 Å². The van der Waals surface area contributed by atoms with Gasteiger partial charge in [0.05, 0.1) is 25.9 Å². The van der Waals surface area contributed by atoms with Gasteiger partial charge < -0.3 is 9.47 Å². The summed E-state index contributed by atoms with van der Waals surface area (Å²) in [6.45, 7) is 7.32. The lowest BCUT2D eigenvalue weighted by Crippen LogP contribution is -2.59. The summed E-state index contributed by atoms with van der Waals surface area (Å²) in [4.78, 5) is 11.9. The van der Waals surface area contributed by atoms with Crippen LogP contribution < -0.4 is 5.32 Å². The monoisotopic (exact) mass is 269 g/mol. The molecule has 1 aliphatic carbocycles. The zero-order valence-corrected chi connectivity index (χ0v) is 12.6. The van der Waals surface area contributed by atoms with E-state index in [0.717, 1.165) is 12.8 Å². The van der Waals surface area contributed by atoms with E-state index in [9.17, 15) is 4.79 Å². The lowest BCUT2D eigenvalue weighted by molar-refractivity contribution is -0.160. The summed E-state index contributed by atoms with van der Waals surface area (Å²) in [7, 11) is 1.47. The summed E-state index contributed by atoms with van der Waals surface area (Å²) in [5.74, 6) is 0.445. The van der Waals surface area contributed by atoms with Crippen molar-refractivity contribution in [2.75, 3.05) is 13.8 Å². The van der Waals surface area contributed by atoms with Crippen LogP contribution in [0.2, 0.25) is 0 Å². The highest BCUT2D eigenvalue weighted by atomic mass is 16.5. The van der Waals surface area contributed by atoms with Gasteiger partial charge in [-0.1, -0.05) is 33.6 Å². The molecule has 1 saturated heterocycles. The fraction of sp³-hybridized carbons (Fsp3) is 0.933. The van der Waals surface area contributed by atoms with E-state index in [4.69, 9.17) is 9.47 Å². The number of hydrogen-bond acceptors (Lipinski definition) is 4. The van der Waals surface area contributed by atoms with Crippen molar-refractivity contribution in [3.8, 4) is 0 Å². The van der Waals surface area contributed by atoms with Crippen molar-refractivity contribution in [2.24, 2.45) is 17.3 Å². The minimum absolute atomic E-state index is 0.00630. The molecule has 1 saturated carbocycles. The summed E-state index contributed by atoms with van der Waals surface area (Å²) < 4.78 is 10.8. The number of carbonyl (C=O) groups excluding carboxylic acids is 1. The predicted molar refractivity (Wildman–Crippen MR) is 73.6 cm³/mol. The van der Waals surface area contributed by atoms with Gasteiger partial charge in [-0.2, -0.15) is 0 Å². The Bertz CT molecular complexity index is 329. The fourth-order valence-electron chi connectivity index (χ4n) is 4.18. The van der Waals surface area contributed by atoms with Crippen LogP contribution in [0.15, 0.2) is 0 Å². The smallest absolute Gasteiger partial charge is 0.311 e. The highest BCUT2D eigenvalue weighted by Crippen LogP contribution is 2.50. The van der Waals surface area contributed by atoms with Gasteiger partial charge in [0.2, 0.25) is 0 Å². The molecule has 2 aliphatic rings. The average molecular weight is 269 g/mol. The molecule has 0 amide bonds. The van der Waals surface area contributed by atoms with Crippen molar-refractivity contribution < 1.29 is 14.3 Å². The maximum absolute atomic E-state index is 11.9. The van der Waals surface area contributed by atoms with Crippen LogP contribution in [0.5, 0.6) is 0 Å². The first kappa shape index (κ1) is 14.8. The van der Waals surface area contributed by atoms with Gasteiger partial charge in [-0.05, 0) is 18.8 Å². The number of esters is 1. The van der Waals surface area contributed by atoms with Crippen LogP contribution in [0.3, 0.4) is 0 Å². The molecule has 1 N–H and O–H groups in total. The SMILES string of the molecule is CCC(CC)C1NCO[C@@H]2[C@@H](C(=O)OC)CC[C@]12C. The van der Waals surface area contributed by atoms with Gasteiger partial charge in [-0.25, -0.2) is 0 Å². The highest BCUT2D eigenvalue weighted by molar-refractivity contribution is 5.73. The molecule has 0 aromatic carbocycles. The minimum atomic E-state index is -0.112. The Morgan fingerprint density at radius 2 is 2.16 bits per heavy atom. The number of hydrogen-bond donors (Lipinski definition) is 1. The van der Waals surface area contributed by atoms with Gasteiger partial charge in [0.25, 0.3) is 0 Å². The maximum atomic E-state index is 11.9. The molecule has 2 rings (SSSR count). The van der Waals surface area contributed by atoms with E-state index >= 15 is 0 Å². The van der Waals surface area contributed by atoms with E-state index in [1.165, 1.54) is 20.0 Å². The summed E-state index contributed by atoms with van der Waals surface area (Å²) in [5.41, 5.74) is 0.0494. The third-order valence-electron chi connectivity index (χ3n) is 5.31. The number of carbonyl (C=O) groups is 1. The Kier molecular flexibility index (Phi) is 4.51. The first-order chi connectivity index (χ1) is 9.08. The molecule has 0 aromatic heterocycles. The highest BCUT2D eigenvalue weighted by Gasteiger charge is 2.56. The molecule has 1 unspecified atom stereocenters. The Morgan fingerprint density at radius 1 is 1.47 bits per heavy atom. The van der Waals surface area contributed by atoms with E-state index in [1.807, 2.05) is 0 Å². The van der Waals surface area contributed by atoms with Gasteiger partial charge in [0.1, 0.15) is 0 Å². The van der Waals surface area contributed by atoms with Crippen LogP contribution in [0.4, 0.5) is 0 Å². The van der Waals surface area contributed by atoms with Crippen LogP contribution in [0, 0.1) is 17.3 Å². The zero-order valence-electron chi connectivity index (χ0n) is 12.6. The van der Waals surface area contributed by atoms with Crippen molar-refractivity contribution in [2.45, 2.75) is 58.6 Å². The van der Waals surface area contributed by atoms with Gasteiger partial charge in [0.15, 0.2) is 0 Å². The van der Waals surface area contributed by atoms with Crippen LogP contribution in [-0.2, 0) is 14.3 Å². The second-order valence-corrected chi connectivity index (χ2v) is 6.16. The molecular weight excluding hydrogens is 242 g/mol. The quantitative estimate of drug-likeness (QED) is 0.796. The first-order valence-corrected chi connectivity index (χ1v) is 7.51. The molecule has 4 heteroatoms. The number of methoxy groups -OCH3 is 1. The van der Waals surface area contributed by atoms with E-state index in [1.54, 1.807) is 0 Å². The van der Waals surface area contributed by atoms with Gasteiger partial charge in [0, 0.05) is 11.5 Å². The van der Waals surface area contributed by atoms with Crippen molar-refractivity contribution >= 4 is 5.97 Å². The van der Waals surface area contributed by atoms with E-state index in [0.29, 0.717) is 18.7 Å². The van der Waals surface area contributed by atoms with Crippen molar-refractivity contribution in [3.63, 3.8) is 0 Å². The van der Waals surface area contributed by atoms with Crippen LogP contribution >= 0.6 is 0 Å². The third-order valence-corrected chi connectivity index (χ3v) is 5.31. The topological polar surface area (TPSA) is 47.6 Å². The van der Waals surface area contributed by atoms with Gasteiger partial charge >= 0.3 is 5.97 Å². The maximum Gasteiger partial charge on any atom is 0.311 e. The van der Waals surface area contributed by atoms with E-state index < -0.39 is 0 Å². The molecule has 4 nitrogen and oxygen atoms in total. The first-order valence-electron chi connectivity index (χ1n) is 7.51. The third kappa shape index (κ3) is 2.40. The molecular formula is C15H27NO3. The molecule has 1 heterocycles. The average Bonchev–Trinajstić information content (AvgIpc) is 2.78. The van der Waals surface area contributed by atoms with Gasteiger partial charge in [-0.3, -0.25) is 10.1 Å². The Hall–Kier alpha value is -0.610. The lowest BCUT2D eigenvalue weighted by atomic mass is 9.70. The van der Waals surface area contributed by atoms with E-state index in [-0.39, 0.29) is 23.4 Å². The molecule has 0 spiro atoms. The molecule has 1 aliphatic heterocycles. The van der Waals surface area contributed by atoms with Crippen molar-refractivity contribution in [1.29, 1.82) is 0 Å². The zero-order chi connectivity index (χ0) is 14.0. The molecule has 19 heavy (non-hydrogen) atoms. The molecule has 0 aromatic rings. The molecule has 0 radical (unpaired) electrons. The number of rotatable bonds is 4. The lowest BCUT2D eigenvalue weighted by Gasteiger charge is -2.48. The minimum Gasteiger partial charge on any atom is -0.469 e.